The molecule has 1 amide bonds. The average molecular weight is 408 g/mol. The van der Waals surface area contributed by atoms with Gasteiger partial charge in [0.2, 0.25) is 0 Å². The Hall–Kier alpha value is -3.65. The number of thiocarbonyl (C=S) groups is 1. The van der Waals surface area contributed by atoms with Crippen LogP contribution in [0, 0.1) is 0 Å². The number of anilines is 1. The van der Waals surface area contributed by atoms with Crippen LogP contribution in [-0.4, -0.2) is 23.8 Å². The Bertz CT molecular complexity index is 942. The number of amides is 1. The maximum absolute atomic E-state index is 11.8. The molecule has 0 unspecified atom stereocenters. The summed E-state index contributed by atoms with van der Waals surface area (Å²) in [5, 5.41) is 10.2. The SMILES string of the molecule is O=C(COc1ccc(/C=N\NC(=S)Nc2ccccc2)cc1)NCc1ccco1. The molecular weight excluding hydrogens is 388 g/mol. The fraction of sp³-hybridized carbons (Fsp3) is 0.0952. The van der Waals surface area contributed by atoms with Crippen molar-refractivity contribution in [1.29, 1.82) is 0 Å². The van der Waals surface area contributed by atoms with E-state index >= 15 is 0 Å². The molecule has 148 valence electrons. The van der Waals surface area contributed by atoms with Crippen molar-refractivity contribution in [3.63, 3.8) is 0 Å². The minimum atomic E-state index is -0.226. The third-order valence-electron chi connectivity index (χ3n) is 3.70. The first-order valence-electron chi connectivity index (χ1n) is 8.86. The van der Waals surface area contributed by atoms with Crippen LogP contribution in [0.4, 0.5) is 5.69 Å². The van der Waals surface area contributed by atoms with Gasteiger partial charge < -0.3 is 19.8 Å². The Morgan fingerprint density at radius 3 is 2.59 bits per heavy atom. The monoisotopic (exact) mass is 408 g/mol. The lowest BCUT2D eigenvalue weighted by Gasteiger charge is -2.07. The van der Waals surface area contributed by atoms with E-state index in [4.69, 9.17) is 21.4 Å². The summed E-state index contributed by atoms with van der Waals surface area (Å²) in [6.45, 7) is 0.258. The molecule has 29 heavy (non-hydrogen) atoms. The molecule has 7 nitrogen and oxygen atoms in total. The largest absolute Gasteiger partial charge is 0.484 e. The molecule has 0 fully saturated rings. The second-order valence-corrected chi connectivity index (χ2v) is 6.31. The summed E-state index contributed by atoms with van der Waals surface area (Å²) < 4.78 is 10.6. The summed E-state index contributed by atoms with van der Waals surface area (Å²) in [4.78, 5) is 11.8. The number of rotatable bonds is 8. The topological polar surface area (TPSA) is 87.9 Å². The Morgan fingerprint density at radius 2 is 1.86 bits per heavy atom. The summed E-state index contributed by atoms with van der Waals surface area (Å²) >= 11 is 5.18. The standard InChI is InChI=1S/C21H20N4O3S/c26-20(22-14-19-7-4-12-27-19)15-28-18-10-8-16(9-11-18)13-23-25-21(29)24-17-5-2-1-3-6-17/h1-13H,14-15H2,(H,22,26)(H2,24,25,29)/b23-13-. The van der Waals surface area contributed by atoms with Crippen LogP contribution < -0.4 is 20.8 Å². The summed E-state index contributed by atoms with van der Waals surface area (Å²) in [6.07, 6.45) is 3.20. The fourth-order valence-corrected chi connectivity index (χ4v) is 2.47. The van der Waals surface area contributed by atoms with Gasteiger partial charge in [-0.3, -0.25) is 10.2 Å². The predicted molar refractivity (Wildman–Crippen MR) is 116 cm³/mol. The van der Waals surface area contributed by atoms with Crippen molar-refractivity contribution < 1.29 is 13.9 Å². The van der Waals surface area contributed by atoms with Gasteiger partial charge in [-0.1, -0.05) is 18.2 Å². The second kappa shape index (κ2) is 10.6. The number of hydrazone groups is 1. The normalized spacial score (nSPS) is 10.5. The van der Waals surface area contributed by atoms with E-state index in [0.29, 0.717) is 23.2 Å². The zero-order valence-electron chi connectivity index (χ0n) is 15.5. The highest BCUT2D eigenvalue weighted by Gasteiger charge is 2.04. The van der Waals surface area contributed by atoms with E-state index in [0.717, 1.165) is 11.3 Å². The molecule has 0 aliphatic carbocycles. The number of carbonyl (C=O) groups is 1. The van der Waals surface area contributed by atoms with E-state index in [9.17, 15) is 4.79 Å². The first kappa shape index (κ1) is 20.1. The first-order chi connectivity index (χ1) is 14.2. The molecule has 0 aliphatic heterocycles. The van der Waals surface area contributed by atoms with Crippen molar-refractivity contribution in [2.24, 2.45) is 5.10 Å². The summed E-state index contributed by atoms with van der Waals surface area (Å²) in [6, 6.07) is 20.3. The predicted octanol–water partition coefficient (Wildman–Crippen LogP) is 3.30. The van der Waals surface area contributed by atoms with Crippen molar-refractivity contribution in [2.45, 2.75) is 6.54 Å². The van der Waals surface area contributed by atoms with Crippen LogP contribution in [0.2, 0.25) is 0 Å². The van der Waals surface area contributed by atoms with Gasteiger partial charge in [-0.25, -0.2) is 0 Å². The molecule has 3 N–H and O–H groups in total. The average Bonchev–Trinajstić information content (AvgIpc) is 3.26. The molecule has 0 spiro atoms. The van der Waals surface area contributed by atoms with Gasteiger partial charge in [-0.15, -0.1) is 0 Å². The Labute approximate surface area is 173 Å². The molecule has 3 rings (SSSR count). The molecule has 8 heteroatoms. The highest BCUT2D eigenvalue weighted by Crippen LogP contribution is 2.11. The van der Waals surface area contributed by atoms with E-state index in [-0.39, 0.29) is 12.5 Å². The molecule has 0 aliphatic rings. The van der Waals surface area contributed by atoms with Gasteiger partial charge in [-0.2, -0.15) is 5.10 Å². The molecular formula is C21H20N4O3S. The van der Waals surface area contributed by atoms with E-state index in [1.165, 1.54) is 0 Å². The second-order valence-electron chi connectivity index (χ2n) is 5.90. The zero-order valence-corrected chi connectivity index (χ0v) is 16.3. The van der Waals surface area contributed by atoms with Crippen LogP contribution in [0.1, 0.15) is 11.3 Å². The molecule has 1 aromatic heterocycles. The maximum Gasteiger partial charge on any atom is 0.258 e. The van der Waals surface area contributed by atoms with Crippen molar-refractivity contribution in [1.82, 2.24) is 10.7 Å². The van der Waals surface area contributed by atoms with E-state index in [1.807, 2.05) is 42.5 Å². The number of benzene rings is 2. The summed E-state index contributed by atoms with van der Waals surface area (Å²) in [7, 11) is 0. The lowest BCUT2D eigenvalue weighted by molar-refractivity contribution is -0.123. The van der Waals surface area contributed by atoms with Gasteiger partial charge in [-0.05, 0) is 66.3 Å². The minimum absolute atomic E-state index is 0.0743. The van der Waals surface area contributed by atoms with Gasteiger partial charge in [0.15, 0.2) is 11.7 Å². The van der Waals surface area contributed by atoms with Crippen molar-refractivity contribution in [3.8, 4) is 5.75 Å². The Morgan fingerprint density at radius 1 is 1.07 bits per heavy atom. The lowest BCUT2D eigenvalue weighted by atomic mass is 10.2. The Kier molecular flexibility index (Phi) is 7.36. The molecule has 0 saturated heterocycles. The van der Waals surface area contributed by atoms with Crippen molar-refractivity contribution in [3.05, 3.63) is 84.3 Å². The van der Waals surface area contributed by atoms with Crippen LogP contribution in [0.25, 0.3) is 0 Å². The fourth-order valence-electron chi connectivity index (χ4n) is 2.29. The smallest absolute Gasteiger partial charge is 0.258 e. The molecule has 0 saturated carbocycles. The molecule has 3 aromatic rings. The highest BCUT2D eigenvalue weighted by molar-refractivity contribution is 7.80. The van der Waals surface area contributed by atoms with Crippen molar-refractivity contribution >= 4 is 35.1 Å². The lowest BCUT2D eigenvalue weighted by Crippen LogP contribution is -2.28. The quantitative estimate of drug-likeness (QED) is 0.301. The number of hydrogen-bond donors (Lipinski definition) is 3. The number of para-hydroxylation sites is 1. The third kappa shape index (κ3) is 7.11. The summed E-state index contributed by atoms with van der Waals surface area (Å²) in [5.41, 5.74) is 4.50. The molecule has 2 aromatic carbocycles. The van der Waals surface area contributed by atoms with Crippen LogP contribution in [0.3, 0.4) is 0 Å². The Balaban J connectivity index is 1.38. The highest BCUT2D eigenvalue weighted by atomic mass is 32.1. The van der Waals surface area contributed by atoms with Gasteiger partial charge >= 0.3 is 0 Å². The van der Waals surface area contributed by atoms with Gasteiger partial charge in [0.1, 0.15) is 11.5 Å². The number of carbonyl (C=O) groups excluding carboxylic acids is 1. The first-order valence-corrected chi connectivity index (χ1v) is 9.27. The van der Waals surface area contributed by atoms with E-state index in [1.54, 1.807) is 36.7 Å². The number of furan rings is 1. The van der Waals surface area contributed by atoms with Crippen LogP contribution in [0.15, 0.2) is 82.5 Å². The van der Waals surface area contributed by atoms with Crippen LogP contribution in [-0.2, 0) is 11.3 Å². The molecule has 0 atom stereocenters. The minimum Gasteiger partial charge on any atom is -0.484 e. The van der Waals surface area contributed by atoms with Gasteiger partial charge in [0.25, 0.3) is 5.91 Å². The molecule has 0 bridgehead atoms. The molecule has 1 heterocycles. The summed E-state index contributed by atoms with van der Waals surface area (Å²) in [5.74, 6) is 1.05. The third-order valence-corrected chi connectivity index (χ3v) is 3.89. The number of nitrogens with zero attached hydrogens (tertiary/aromatic N) is 1. The van der Waals surface area contributed by atoms with Crippen LogP contribution in [0.5, 0.6) is 5.75 Å². The number of nitrogens with one attached hydrogen (secondary N) is 3. The maximum atomic E-state index is 11.8. The molecule has 0 radical (unpaired) electrons. The van der Waals surface area contributed by atoms with Crippen LogP contribution >= 0.6 is 12.2 Å². The zero-order chi connectivity index (χ0) is 20.3. The van der Waals surface area contributed by atoms with Crippen molar-refractivity contribution in [2.75, 3.05) is 11.9 Å². The van der Waals surface area contributed by atoms with Gasteiger partial charge in [0, 0.05) is 5.69 Å². The van der Waals surface area contributed by atoms with Gasteiger partial charge in [0.05, 0.1) is 19.0 Å². The van der Waals surface area contributed by atoms with E-state index < -0.39 is 0 Å². The number of hydrogen-bond acceptors (Lipinski definition) is 5. The van der Waals surface area contributed by atoms with E-state index in [2.05, 4.69) is 21.2 Å². The number of ether oxygens (including phenoxy) is 1.